The van der Waals surface area contributed by atoms with Gasteiger partial charge in [-0.15, -0.1) is 24.0 Å². The summed E-state index contributed by atoms with van der Waals surface area (Å²) >= 11 is 0. The minimum absolute atomic E-state index is 0. The number of nitrogens with one attached hydrogen (secondary N) is 1. The first kappa shape index (κ1) is 25.7. The Morgan fingerprint density at radius 1 is 1.12 bits per heavy atom. The molecule has 2 atom stereocenters. The molecule has 0 aromatic heterocycles. The largest absolute Gasteiger partial charge is 0.357 e. The van der Waals surface area contributed by atoms with Crippen molar-refractivity contribution < 1.29 is 8.42 Å². The van der Waals surface area contributed by atoms with Gasteiger partial charge >= 0.3 is 0 Å². The summed E-state index contributed by atoms with van der Waals surface area (Å²) in [7, 11) is -3.05. The fourth-order valence-corrected chi connectivity index (χ4v) is 6.87. The lowest BCUT2D eigenvalue weighted by atomic mass is 9.83. The normalized spacial score (nSPS) is 26.4. The third kappa shape index (κ3) is 6.36. The van der Waals surface area contributed by atoms with Gasteiger partial charge in [-0.25, -0.2) is 12.7 Å². The van der Waals surface area contributed by atoms with Crippen molar-refractivity contribution in [3.8, 4) is 0 Å². The minimum atomic E-state index is -3.05. The van der Waals surface area contributed by atoms with Gasteiger partial charge < -0.3 is 10.2 Å². The quantitative estimate of drug-likeness (QED) is 0.321. The molecule has 4 rings (SSSR count). The number of guanidine groups is 1. The molecular formula is C23H38IN5O2S. The molecule has 0 bridgehead atoms. The zero-order valence-corrected chi connectivity index (χ0v) is 22.3. The van der Waals surface area contributed by atoms with Crippen LogP contribution >= 0.6 is 24.0 Å². The van der Waals surface area contributed by atoms with Crippen LogP contribution in [0.1, 0.15) is 38.2 Å². The summed E-state index contributed by atoms with van der Waals surface area (Å²) in [6, 6.07) is 11.5. The van der Waals surface area contributed by atoms with Crippen molar-refractivity contribution in [1.29, 1.82) is 0 Å². The Morgan fingerprint density at radius 3 is 2.66 bits per heavy atom. The number of sulfonamides is 1. The maximum Gasteiger partial charge on any atom is 0.214 e. The van der Waals surface area contributed by atoms with E-state index in [1.807, 2.05) is 0 Å². The van der Waals surface area contributed by atoms with Gasteiger partial charge in [0, 0.05) is 45.3 Å². The molecule has 0 aliphatic carbocycles. The Balaban J connectivity index is 0.00000289. The molecule has 3 aliphatic heterocycles. The van der Waals surface area contributed by atoms with Crippen LogP contribution in [0.5, 0.6) is 0 Å². The van der Waals surface area contributed by atoms with Gasteiger partial charge in [0.2, 0.25) is 10.0 Å². The number of hydrogen-bond donors (Lipinski definition) is 1. The van der Waals surface area contributed by atoms with Crippen LogP contribution < -0.4 is 5.32 Å². The molecule has 3 aliphatic rings. The Hall–Kier alpha value is -0.910. The number of piperidine rings is 2. The lowest BCUT2D eigenvalue weighted by molar-refractivity contribution is 0.0372. The first-order chi connectivity index (χ1) is 15.1. The first-order valence-corrected chi connectivity index (χ1v) is 13.5. The zero-order valence-electron chi connectivity index (χ0n) is 19.2. The number of rotatable bonds is 6. The molecule has 32 heavy (non-hydrogen) atoms. The molecule has 1 N–H and O–H groups in total. The highest BCUT2D eigenvalue weighted by molar-refractivity contribution is 14.0. The van der Waals surface area contributed by atoms with E-state index >= 15 is 0 Å². The summed E-state index contributed by atoms with van der Waals surface area (Å²) in [4.78, 5) is 9.88. The molecule has 9 heteroatoms. The third-order valence-corrected chi connectivity index (χ3v) is 8.82. The summed E-state index contributed by atoms with van der Waals surface area (Å²) < 4.78 is 25.7. The van der Waals surface area contributed by atoms with Crippen molar-refractivity contribution in [3.63, 3.8) is 0 Å². The van der Waals surface area contributed by atoms with E-state index in [0.717, 1.165) is 45.0 Å². The van der Waals surface area contributed by atoms with Gasteiger partial charge in [-0.1, -0.05) is 30.3 Å². The standard InChI is InChI=1S/C23H37N5O2S.HI/c1-2-24-23(25-12-16-28-14-7-17-31(28,29)30)27-15-11-22-21(19-27)10-6-13-26(22)18-20-8-4-3-5-9-20;/h3-5,8-9,21-22H,2,6-7,10-19H2,1H3,(H,24,25);1H. The Kier molecular flexibility index (Phi) is 9.63. The van der Waals surface area contributed by atoms with Crippen LogP contribution in [-0.4, -0.2) is 86.1 Å². The summed E-state index contributed by atoms with van der Waals surface area (Å²) in [5.41, 5.74) is 1.40. The summed E-state index contributed by atoms with van der Waals surface area (Å²) in [5, 5.41) is 3.44. The topological polar surface area (TPSA) is 68.2 Å². The Labute approximate surface area is 210 Å². The Morgan fingerprint density at radius 2 is 1.94 bits per heavy atom. The average Bonchev–Trinajstić information content (AvgIpc) is 3.11. The van der Waals surface area contributed by atoms with Gasteiger partial charge in [-0.3, -0.25) is 9.89 Å². The summed E-state index contributed by atoms with van der Waals surface area (Å²) in [6.45, 7) is 8.83. The van der Waals surface area contributed by atoms with Gasteiger partial charge in [-0.2, -0.15) is 0 Å². The van der Waals surface area contributed by atoms with Crippen LogP contribution in [0.4, 0.5) is 0 Å². The maximum atomic E-state index is 12.0. The van der Waals surface area contributed by atoms with Gasteiger partial charge in [0.05, 0.1) is 12.3 Å². The first-order valence-electron chi connectivity index (χ1n) is 11.9. The van der Waals surface area contributed by atoms with Crippen molar-refractivity contribution >= 4 is 40.0 Å². The van der Waals surface area contributed by atoms with Crippen LogP contribution in [0.2, 0.25) is 0 Å². The van der Waals surface area contributed by atoms with Crippen LogP contribution in [0.15, 0.2) is 35.3 Å². The molecule has 3 fully saturated rings. The van der Waals surface area contributed by atoms with Crippen LogP contribution in [0, 0.1) is 5.92 Å². The second-order valence-electron chi connectivity index (χ2n) is 8.96. The van der Waals surface area contributed by atoms with E-state index < -0.39 is 10.0 Å². The van der Waals surface area contributed by atoms with Crippen LogP contribution in [-0.2, 0) is 16.6 Å². The van der Waals surface area contributed by atoms with E-state index in [2.05, 4.69) is 52.4 Å². The highest BCUT2D eigenvalue weighted by Crippen LogP contribution is 2.31. The molecule has 0 radical (unpaired) electrons. The maximum absolute atomic E-state index is 12.0. The number of hydrogen-bond acceptors (Lipinski definition) is 4. The van der Waals surface area contributed by atoms with Gasteiger partial charge in [-0.05, 0) is 50.6 Å². The van der Waals surface area contributed by atoms with Gasteiger partial charge in [0.1, 0.15) is 0 Å². The van der Waals surface area contributed by atoms with Crippen molar-refractivity contribution in [2.24, 2.45) is 10.9 Å². The molecular weight excluding hydrogens is 537 g/mol. The highest BCUT2D eigenvalue weighted by Gasteiger charge is 2.36. The zero-order chi connectivity index (χ0) is 21.7. The molecule has 3 heterocycles. The molecule has 1 aromatic carbocycles. The molecule has 1 aromatic rings. The van der Waals surface area contributed by atoms with E-state index in [1.165, 1.54) is 24.9 Å². The van der Waals surface area contributed by atoms with Gasteiger partial charge in [0.15, 0.2) is 5.96 Å². The molecule has 180 valence electrons. The average molecular weight is 576 g/mol. The molecule has 7 nitrogen and oxygen atoms in total. The molecule has 0 spiro atoms. The highest BCUT2D eigenvalue weighted by atomic mass is 127. The van der Waals surface area contributed by atoms with E-state index in [0.29, 0.717) is 31.6 Å². The number of likely N-dealkylation sites (tertiary alicyclic amines) is 2. The van der Waals surface area contributed by atoms with E-state index in [1.54, 1.807) is 4.31 Å². The predicted molar refractivity (Wildman–Crippen MR) is 141 cm³/mol. The van der Waals surface area contributed by atoms with E-state index in [9.17, 15) is 8.42 Å². The smallest absolute Gasteiger partial charge is 0.214 e. The fraction of sp³-hybridized carbons (Fsp3) is 0.696. The monoisotopic (exact) mass is 575 g/mol. The second-order valence-corrected chi connectivity index (χ2v) is 11.1. The number of aliphatic imine (C=N–C) groups is 1. The Bertz CT molecular complexity index is 851. The van der Waals surface area contributed by atoms with Crippen LogP contribution in [0.3, 0.4) is 0 Å². The van der Waals surface area contributed by atoms with Crippen LogP contribution in [0.25, 0.3) is 0 Å². The lowest BCUT2D eigenvalue weighted by Crippen LogP contribution is -2.56. The fourth-order valence-electron chi connectivity index (χ4n) is 5.35. The third-order valence-electron chi connectivity index (χ3n) is 6.86. The molecule has 2 unspecified atom stereocenters. The summed E-state index contributed by atoms with van der Waals surface area (Å²) in [6.07, 6.45) is 4.42. The molecule has 3 saturated heterocycles. The minimum Gasteiger partial charge on any atom is -0.357 e. The van der Waals surface area contributed by atoms with Crippen molar-refractivity contribution in [2.75, 3.05) is 51.6 Å². The van der Waals surface area contributed by atoms with Gasteiger partial charge in [0.25, 0.3) is 0 Å². The van der Waals surface area contributed by atoms with E-state index in [4.69, 9.17) is 4.99 Å². The SMILES string of the molecule is CCNC(=NCCN1CCCS1(=O)=O)N1CCC2C(CCCN2Cc2ccccc2)C1.I. The molecule has 0 amide bonds. The second kappa shape index (κ2) is 12.0. The van der Waals surface area contributed by atoms with Crippen molar-refractivity contribution in [3.05, 3.63) is 35.9 Å². The van der Waals surface area contributed by atoms with Crippen molar-refractivity contribution in [1.82, 2.24) is 19.4 Å². The number of halogens is 1. The van der Waals surface area contributed by atoms with Crippen molar-refractivity contribution in [2.45, 2.75) is 45.2 Å². The van der Waals surface area contributed by atoms with E-state index in [-0.39, 0.29) is 29.7 Å². The molecule has 0 saturated carbocycles. The summed E-state index contributed by atoms with van der Waals surface area (Å²) in [5.74, 6) is 1.89. The number of benzene rings is 1. The number of nitrogens with zero attached hydrogens (tertiary/aromatic N) is 4. The number of fused-ring (bicyclic) bond motifs is 1. The predicted octanol–water partition coefficient (Wildman–Crippen LogP) is 2.59. The lowest BCUT2D eigenvalue weighted by Gasteiger charge is -2.48.